The average Bonchev–Trinajstić information content (AvgIpc) is 3.20. The Hall–Kier alpha value is -2.03. The van der Waals surface area contributed by atoms with Gasteiger partial charge in [-0.15, -0.1) is 0 Å². The number of hydrogen-bond donors (Lipinski definition) is 2. The summed E-state index contributed by atoms with van der Waals surface area (Å²) in [6.07, 6.45) is -0.326. The zero-order valence-electron chi connectivity index (χ0n) is 20.5. The molecule has 1 aliphatic rings. The van der Waals surface area contributed by atoms with Gasteiger partial charge in [0, 0.05) is 6.42 Å². The Balaban J connectivity index is 1.79. The van der Waals surface area contributed by atoms with E-state index in [9.17, 15) is 4.79 Å². The van der Waals surface area contributed by atoms with Gasteiger partial charge in [-0.1, -0.05) is 81.4 Å². The van der Waals surface area contributed by atoms with Crippen molar-refractivity contribution in [2.24, 2.45) is 0 Å². The lowest BCUT2D eigenvalue weighted by atomic mass is 10.0. The first-order chi connectivity index (χ1) is 15.7. The molecule has 2 N–H and O–H groups in total. The lowest BCUT2D eigenvalue weighted by Gasteiger charge is -2.42. The number of carbonyl (C=O) groups excluding carboxylic acids is 1. The van der Waals surface area contributed by atoms with Gasteiger partial charge < -0.3 is 13.9 Å². The molecule has 2 aromatic carbocycles. The van der Waals surface area contributed by atoms with E-state index in [4.69, 9.17) is 13.9 Å². The molecule has 3 atom stereocenters. The summed E-state index contributed by atoms with van der Waals surface area (Å²) < 4.78 is 19.4. The van der Waals surface area contributed by atoms with Crippen LogP contribution in [0.25, 0.3) is 0 Å². The number of carbonyl (C=O) groups is 1. The van der Waals surface area contributed by atoms with Crippen molar-refractivity contribution in [3.8, 4) is 0 Å². The molecule has 0 radical (unpaired) electrons. The smallest absolute Gasteiger partial charge is 0.235 e. The molecule has 0 aliphatic carbocycles. The normalized spacial score (nSPS) is 18.7. The maximum Gasteiger partial charge on any atom is 0.235 e. The Morgan fingerprint density at radius 1 is 0.970 bits per heavy atom. The standard InChI is InChI=1S/C26H38N2O4Si/c1-26(2,3)33(4,5)32-23(19-30-17-20-12-8-6-9-13-20)25(22-16-24(29)28-27-22)31-18-21-14-10-7-11-15-21/h6-15,22-23,25,27H,16-19H2,1-5H3,(H,28,29)/t22-,23+,25-/m0/s1. The highest BCUT2D eigenvalue weighted by Crippen LogP contribution is 2.38. The molecule has 33 heavy (non-hydrogen) atoms. The fourth-order valence-electron chi connectivity index (χ4n) is 3.54. The molecule has 0 bridgehead atoms. The Morgan fingerprint density at radius 2 is 1.55 bits per heavy atom. The Kier molecular flexibility index (Phi) is 8.84. The molecule has 1 amide bonds. The largest absolute Gasteiger partial charge is 0.409 e. The molecular weight excluding hydrogens is 432 g/mol. The van der Waals surface area contributed by atoms with Gasteiger partial charge in [-0.2, -0.15) is 0 Å². The third kappa shape index (κ3) is 7.48. The summed E-state index contributed by atoms with van der Waals surface area (Å²) in [5.41, 5.74) is 8.03. The van der Waals surface area contributed by atoms with Gasteiger partial charge in [0.05, 0.1) is 32.0 Å². The van der Waals surface area contributed by atoms with E-state index < -0.39 is 8.32 Å². The summed E-state index contributed by atoms with van der Waals surface area (Å²) in [5, 5.41) is 0.0336. The molecule has 1 heterocycles. The summed E-state index contributed by atoms with van der Waals surface area (Å²) in [4.78, 5) is 12.0. The SMILES string of the molecule is CC(C)(C)[Si](C)(C)O[C@H](COCc1ccccc1)[C@@H](OCc1ccccc1)[C@@H]1CC(=O)NN1. The van der Waals surface area contributed by atoms with Gasteiger partial charge >= 0.3 is 0 Å². The van der Waals surface area contributed by atoms with Crippen molar-refractivity contribution in [2.45, 2.75) is 76.8 Å². The van der Waals surface area contributed by atoms with Crippen LogP contribution in [0, 0.1) is 0 Å². The van der Waals surface area contributed by atoms with Gasteiger partial charge in [-0.05, 0) is 29.3 Å². The molecule has 3 rings (SSSR count). The Bertz CT molecular complexity index is 871. The van der Waals surface area contributed by atoms with Gasteiger partial charge in [0.15, 0.2) is 8.32 Å². The minimum Gasteiger partial charge on any atom is -0.409 e. The van der Waals surface area contributed by atoms with Crippen LogP contribution < -0.4 is 10.9 Å². The van der Waals surface area contributed by atoms with E-state index in [1.165, 1.54) is 0 Å². The molecule has 0 unspecified atom stereocenters. The molecular formula is C26H38N2O4Si. The number of hydrazine groups is 1. The van der Waals surface area contributed by atoms with Crippen LogP contribution in [0.4, 0.5) is 0 Å². The average molecular weight is 471 g/mol. The first-order valence-electron chi connectivity index (χ1n) is 11.6. The quantitative estimate of drug-likeness (QED) is 0.471. The third-order valence-electron chi connectivity index (χ3n) is 6.50. The van der Waals surface area contributed by atoms with E-state index in [1.54, 1.807) is 0 Å². The van der Waals surface area contributed by atoms with Crippen LogP contribution in [-0.4, -0.2) is 39.1 Å². The van der Waals surface area contributed by atoms with Crippen molar-refractivity contribution in [1.82, 2.24) is 10.9 Å². The second-order valence-electron chi connectivity index (χ2n) is 10.2. The number of rotatable bonds is 11. The van der Waals surface area contributed by atoms with Crippen LogP contribution in [0.2, 0.25) is 18.1 Å². The van der Waals surface area contributed by atoms with Gasteiger partial charge in [0.2, 0.25) is 5.91 Å². The van der Waals surface area contributed by atoms with Crippen LogP contribution in [-0.2, 0) is 31.9 Å². The summed E-state index contributed by atoms with van der Waals surface area (Å²) in [6.45, 7) is 12.5. The first kappa shape index (κ1) is 25.6. The van der Waals surface area contributed by atoms with Crippen LogP contribution in [0.1, 0.15) is 38.3 Å². The third-order valence-corrected chi connectivity index (χ3v) is 11.0. The van der Waals surface area contributed by atoms with E-state index in [0.717, 1.165) is 11.1 Å². The van der Waals surface area contributed by atoms with Gasteiger partial charge in [-0.3, -0.25) is 10.2 Å². The van der Waals surface area contributed by atoms with Crippen LogP contribution in [0.3, 0.4) is 0 Å². The van der Waals surface area contributed by atoms with Gasteiger partial charge in [0.25, 0.3) is 0 Å². The molecule has 2 aromatic rings. The predicted molar refractivity (Wildman–Crippen MR) is 133 cm³/mol. The van der Waals surface area contributed by atoms with Crippen LogP contribution >= 0.6 is 0 Å². The van der Waals surface area contributed by atoms with Crippen molar-refractivity contribution in [3.05, 3.63) is 71.8 Å². The molecule has 1 fully saturated rings. The van der Waals surface area contributed by atoms with Crippen molar-refractivity contribution in [2.75, 3.05) is 6.61 Å². The zero-order valence-corrected chi connectivity index (χ0v) is 21.5. The van der Waals surface area contributed by atoms with Crippen molar-refractivity contribution >= 4 is 14.2 Å². The van der Waals surface area contributed by atoms with E-state index in [-0.39, 0.29) is 29.2 Å². The van der Waals surface area contributed by atoms with Crippen LogP contribution in [0.15, 0.2) is 60.7 Å². The number of nitrogens with one attached hydrogen (secondary N) is 2. The highest BCUT2D eigenvalue weighted by Gasteiger charge is 2.44. The van der Waals surface area contributed by atoms with E-state index in [1.807, 2.05) is 60.7 Å². The second-order valence-corrected chi connectivity index (χ2v) is 14.9. The van der Waals surface area contributed by atoms with Crippen molar-refractivity contribution in [1.29, 1.82) is 0 Å². The van der Waals surface area contributed by atoms with Gasteiger partial charge in [-0.25, -0.2) is 5.43 Å². The Morgan fingerprint density at radius 3 is 2.06 bits per heavy atom. The van der Waals surface area contributed by atoms with E-state index in [2.05, 4.69) is 44.7 Å². The molecule has 0 aromatic heterocycles. The molecule has 7 heteroatoms. The first-order valence-corrected chi connectivity index (χ1v) is 14.6. The monoisotopic (exact) mass is 470 g/mol. The molecule has 0 saturated carbocycles. The van der Waals surface area contributed by atoms with E-state index in [0.29, 0.717) is 26.2 Å². The number of benzene rings is 2. The predicted octanol–water partition coefficient (Wildman–Crippen LogP) is 4.57. The topological polar surface area (TPSA) is 68.8 Å². The Labute approximate surface area is 199 Å². The fourth-order valence-corrected chi connectivity index (χ4v) is 4.85. The summed E-state index contributed by atoms with van der Waals surface area (Å²) in [6, 6.07) is 20.0. The fraction of sp³-hybridized carbons (Fsp3) is 0.500. The highest BCUT2D eigenvalue weighted by molar-refractivity contribution is 6.74. The highest BCUT2D eigenvalue weighted by atomic mass is 28.4. The number of hydrogen-bond acceptors (Lipinski definition) is 5. The second kappa shape index (κ2) is 11.4. The lowest BCUT2D eigenvalue weighted by Crippen LogP contribution is -2.54. The number of amides is 1. The van der Waals surface area contributed by atoms with Crippen molar-refractivity contribution in [3.63, 3.8) is 0 Å². The maximum atomic E-state index is 12.0. The minimum absolute atomic E-state index is 0.0336. The molecule has 1 aliphatic heterocycles. The maximum absolute atomic E-state index is 12.0. The van der Waals surface area contributed by atoms with E-state index >= 15 is 0 Å². The minimum atomic E-state index is -2.13. The molecule has 180 valence electrons. The lowest BCUT2D eigenvalue weighted by molar-refractivity contribution is -0.120. The molecule has 0 spiro atoms. The van der Waals surface area contributed by atoms with Crippen LogP contribution in [0.5, 0.6) is 0 Å². The number of ether oxygens (including phenoxy) is 2. The van der Waals surface area contributed by atoms with Gasteiger partial charge in [0.1, 0.15) is 6.10 Å². The molecule has 6 nitrogen and oxygen atoms in total. The summed E-state index contributed by atoms with van der Waals surface area (Å²) in [5.74, 6) is -0.0374. The summed E-state index contributed by atoms with van der Waals surface area (Å²) in [7, 11) is -2.13. The summed E-state index contributed by atoms with van der Waals surface area (Å²) >= 11 is 0. The molecule has 1 saturated heterocycles. The zero-order chi connectivity index (χ0) is 23.9. The van der Waals surface area contributed by atoms with Crippen molar-refractivity contribution < 1.29 is 18.7 Å².